The van der Waals surface area contributed by atoms with Crippen LogP contribution in [0.1, 0.15) is 132 Å². The van der Waals surface area contributed by atoms with E-state index in [0.29, 0.717) is 12.8 Å². The zero-order valence-corrected chi connectivity index (χ0v) is 55.7. The summed E-state index contributed by atoms with van der Waals surface area (Å²) in [5.41, 5.74) is 0. The Morgan fingerprint density at radius 3 is 1.40 bits per heavy atom. The van der Waals surface area contributed by atoms with Crippen molar-refractivity contribution >= 4 is 89.6 Å². The predicted octanol–water partition coefficient (Wildman–Crippen LogP) is 14.4. The second-order valence-corrected chi connectivity index (χ2v) is 25.6. The monoisotopic (exact) mass is 1370 g/mol. The average Bonchev–Trinajstić information content (AvgIpc) is 1.42. The molecule has 12 atom stereocenters. The van der Waals surface area contributed by atoms with Crippen LogP contribution < -0.4 is 10.6 Å². The number of phosphoric ester groups is 1. The molecule has 508 valence electrons. The molecule has 86 heavy (non-hydrogen) atoms. The Balaban J connectivity index is -0.00000156. The highest BCUT2D eigenvalue weighted by atomic mass is 35.6. The molecule has 2 saturated heterocycles. The van der Waals surface area contributed by atoms with Crippen LogP contribution in [0.25, 0.3) is 0 Å². The number of phosphoric acid groups is 1. The number of nitrogens with one attached hydrogen (secondary N) is 2. The maximum atomic E-state index is 13.8. The summed E-state index contributed by atoms with van der Waals surface area (Å²) in [7, 11) is 2.02. The number of rotatable bonds is 42. The second kappa shape index (κ2) is 52.9. The van der Waals surface area contributed by atoms with E-state index in [-0.39, 0.29) is 66.7 Å². The molecule has 0 unspecified atom stereocenters. The summed E-state index contributed by atoms with van der Waals surface area (Å²) < 4.78 is 95.1. The summed E-state index contributed by atoms with van der Waals surface area (Å²) in [6.07, 6.45) is 13.4. The zero-order chi connectivity index (χ0) is 63.4. The highest BCUT2D eigenvalue weighted by Crippen LogP contribution is 2.52. The number of carbonyl (C=O) groups excluding carboxylic acids is 2. The van der Waals surface area contributed by atoms with Crippen LogP contribution in [-0.4, -0.2) is 180 Å². The molecule has 0 aromatic heterocycles. The first-order chi connectivity index (χ1) is 40.1. The number of halogens is 6. The Kier molecular flexibility index (Phi) is 54.5. The van der Waals surface area contributed by atoms with Gasteiger partial charge in [0.15, 0.2) is 0 Å². The van der Waals surface area contributed by atoms with Crippen LogP contribution in [0.4, 0.5) is 9.59 Å². The number of carbonyl (C=O) groups is 2. The molecule has 2 aliphatic heterocycles. The molecule has 28 heteroatoms. The Morgan fingerprint density at radius 1 is 0.616 bits per heavy atom. The first-order valence-corrected chi connectivity index (χ1v) is 31.9. The van der Waals surface area contributed by atoms with Crippen LogP contribution in [-0.2, 0) is 75.0 Å². The van der Waals surface area contributed by atoms with Crippen LogP contribution >= 0.6 is 77.4 Å². The molecule has 0 bridgehead atoms. The number of unbranched alkanes of at least 4 members (excludes halogenated alkanes) is 8. The van der Waals surface area contributed by atoms with Crippen molar-refractivity contribution in [2.24, 2.45) is 0 Å². The van der Waals surface area contributed by atoms with Crippen LogP contribution in [0.3, 0.4) is 0 Å². The third-order valence-electron chi connectivity index (χ3n) is 12.4. The van der Waals surface area contributed by atoms with E-state index in [1.807, 2.05) is 0 Å². The summed E-state index contributed by atoms with van der Waals surface area (Å²) in [5.74, 6) is 0. The van der Waals surface area contributed by atoms with Crippen molar-refractivity contribution in [3.63, 3.8) is 0 Å². The molecule has 0 aromatic rings. The topological polar surface area (TPSA) is 234 Å². The van der Waals surface area contributed by atoms with Crippen molar-refractivity contribution in [1.29, 1.82) is 0 Å². The lowest BCUT2D eigenvalue weighted by atomic mass is 9.96. The minimum Gasteiger partial charge on any atom is -0.471 e. The standard InChI is InChI=1S/C30H51Cl3NO11P.C24H42Cl3NO8.C2H4.2CH4/c1-7-11-12-13-14-15-23(38-6)16-20-39-27-25(34-29(35)41-22-30(31,32)33)28(40-17-8-2)44-24(21-37-5)26(27)45-46(36,42-18-9-3)43-19-10-4;1-5-7-8-9-10-11-17(32-4)12-14-33-21-19(28-23(30)35-16-24(25,26)27)22(34-13-6-2)36-18(15-31-3)20(21)29;1-2;;/h8-10,17,23-28H,3-4,7,11-16,18-22H2,1-2,5-6H3,(H,34,35);6,13,17-22,29H,5,7-12,14-16H2,1-4H3,(H,28,30);1-2H2;2*1H4/b17-8-;13-6-;;;/t23-,24-,25-,26-,27-,28+;17-,18-,19-,20-,21-,22+;;;/m11.../s1. The van der Waals surface area contributed by atoms with Gasteiger partial charge < -0.3 is 72.6 Å². The fourth-order valence-electron chi connectivity index (χ4n) is 8.36. The Bertz CT molecular complexity index is 1810. The molecule has 0 aromatic carbocycles. The number of hydrogen-bond donors (Lipinski definition) is 3. The molecule has 2 aliphatic rings. The van der Waals surface area contributed by atoms with Crippen molar-refractivity contribution in [1.82, 2.24) is 10.6 Å². The van der Waals surface area contributed by atoms with Gasteiger partial charge in [0.05, 0.1) is 51.2 Å². The first kappa shape index (κ1) is 88.5. The number of amides is 2. The van der Waals surface area contributed by atoms with Gasteiger partial charge in [0.25, 0.3) is 0 Å². The van der Waals surface area contributed by atoms with Crippen molar-refractivity contribution in [2.75, 3.05) is 81.3 Å². The van der Waals surface area contributed by atoms with Crippen LogP contribution in [0.5, 0.6) is 0 Å². The number of aliphatic hydroxyl groups is 1. The normalized spacial score (nSPS) is 23.0. The van der Waals surface area contributed by atoms with Gasteiger partial charge in [-0.3, -0.25) is 13.6 Å². The molecule has 0 spiro atoms. The molecule has 2 heterocycles. The number of alkyl halides is 6. The van der Waals surface area contributed by atoms with Crippen molar-refractivity contribution in [2.45, 2.75) is 214 Å². The van der Waals surface area contributed by atoms with Crippen molar-refractivity contribution in [3.8, 4) is 0 Å². The quantitative estimate of drug-likeness (QED) is 0.0169. The number of hydrogen-bond acceptors (Lipinski definition) is 19. The smallest absolute Gasteiger partial charge is 0.471 e. The number of ether oxygens (including phenoxy) is 12. The van der Waals surface area contributed by atoms with E-state index < -0.39 is 102 Å². The molecule has 0 saturated carbocycles. The van der Waals surface area contributed by atoms with Gasteiger partial charge in [0.1, 0.15) is 61.9 Å². The number of methoxy groups -OCH3 is 4. The number of aliphatic hydroxyl groups excluding tert-OH is 1. The van der Waals surface area contributed by atoms with E-state index in [9.17, 15) is 19.3 Å². The lowest BCUT2D eigenvalue weighted by molar-refractivity contribution is -0.264. The third kappa shape index (κ3) is 39.6. The number of allylic oxidation sites excluding steroid dienone is 2. The van der Waals surface area contributed by atoms with E-state index in [0.717, 1.165) is 44.9 Å². The van der Waals surface area contributed by atoms with Gasteiger partial charge in [0, 0.05) is 41.7 Å². The van der Waals surface area contributed by atoms with Crippen LogP contribution in [0.2, 0.25) is 0 Å². The molecule has 0 radical (unpaired) electrons. The summed E-state index contributed by atoms with van der Waals surface area (Å²) in [6.45, 7) is 20.3. The summed E-state index contributed by atoms with van der Waals surface area (Å²) in [5, 5.41) is 16.3. The highest BCUT2D eigenvalue weighted by Gasteiger charge is 2.53. The molecule has 2 fully saturated rings. The van der Waals surface area contributed by atoms with Crippen molar-refractivity contribution in [3.05, 3.63) is 63.1 Å². The van der Waals surface area contributed by atoms with E-state index in [2.05, 4.69) is 50.8 Å². The minimum absolute atomic E-state index is 0. The van der Waals surface area contributed by atoms with Gasteiger partial charge in [-0.25, -0.2) is 14.2 Å². The Hall–Kier alpha value is -1.67. The number of alkyl carbamates (subject to hydrolysis) is 2. The molecule has 3 N–H and O–H groups in total. The van der Waals surface area contributed by atoms with E-state index >= 15 is 0 Å². The Morgan fingerprint density at radius 2 is 1.01 bits per heavy atom. The SMILES string of the molecule is C.C.C/C=C\O[C@H]1O[C@H](COC)[C@@H](O)[C@H](OCC[C@@H](CCCCCCC)OC)[C@H]1NC(=O)OCC(Cl)(Cl)Cl.C=C.C=CCOP(=O)(OCC=C)O[C@H]1[C@H](OCC[C@@H](CCCCCCC)OC)[C@@H](NC(=O)OCC(Cl)(Cl)Cl)[C@@H](O/C=C\C)O[C@@H]1COC. The van der Waals surface area contributed by atoms with Gasteiger partial charge in [-0.15, -0.1) is 26.3 Å². The molecule has 2 rings (SSSR count). The summed E-state index contributed by atoms with van der Waals surface area (Å²) in [6, 6.07) is -2.03. The van der Waals surface area contributed by atoms with Gasteiger partial charge >= 0.3 is 20.0 Å². The van der Waals surface area contributed by atoms with Crippen LogP contribution in [0.15, 0.2) is 63.1 Å². The van der Waals surface area contributed by atoms with Gasteiger partial charge in [-0.05, 0) is 39.5 Å². The van der Waals surface area contributed by atoms with Gasteiger partial charge in [-0.2, -0.15) is 0 Å². The lowest BCUT2D eigenvalue weighted by Crippen LogP contribution is -2.66. The maximum absolute atomic E-state index is 13.8. The van der Waals surface area contributed by atoms with Crippen LogP contribution in [0, 0.1) is 0 Å². The zero-order valence-electron chi connectivity index (χ0n) is 50.3. The minimum atomic E-state index is -4.27. The second-order valence-electron chi connectivity index (χ2n) is 19.0. The average molecular weight is 1380 g/mol. The van der Waals surface area contributed by atoms with Crippen molar-refractivity contribution < 1.29 is 89.7 Å². The Labute approximate surface area is 544 Å². The van der Waals surface area contributed by atoms with E-state index in [1.165, 1.54) is 71.0 Å². The lowest BCUT2D eigenvalue weighted by Gasteiger charge is -2.45. The summed E-state index contributed by atoms with van der Waals surface area (Å²) >= 11 is 34.3. The third-order valence-corrected chi connectivity index (χ3v) is 14.4. The van der Waals surface area contributed by atoms with E-state index in [4.69, 9.17) is 140 Å². The molecule has 0 aliphatic carbocycles. The summed E-state index contributed by atoms with van der Waals surface area (Å²) in [4.78, 5) is 25.4. The maximum Gasteiger partial charge on any atom is 0.475 e. The highest BCUT2D eigenvalue weighted by molar-refractivity contribution is 7.48. The molecule has 2 amide bonds. The predicted molar refractivity (Wildman–Crippen MR) is 343 cm³/mol. The van der Waals surface area contributed by atoms with Gasteiger partial charge in [-0.1, -0.05) is 187 Å². The molecule has 21 nitrogen and oxygen atoms in total. The van der Waals surface area contributed by atoms with Gasteiger partial charge in [0.2, 0.25) is 20.2 Å². The fourth-order valence-corrected chi connectivity index (χ4v) is 10.0. The first-order valence-electron chi connectivity index (χ1n) is 28.2. The van der Waals surface area contributed by atoms with E-state index in [1.54, 1.807) is 40.2 Å². The molecular weight excluding hydrogens is 1270 g/mol. The molecular formula is C58H105Cl6N2O19P. The largest absolute Gasteiger partial charge is 0.475 e. The fraction of sp³-hybridized carbons (Fsp3) is 0.793.